The van der Waals surface area contributed by atoms with E-state index in [0.29, 0.717) is 18.1 Å². The number of hydrogen-bond acceptors (Lipinski definition) is 4. The van der Waals surface area contributed by atoms with Gasteiger partial charge in [-0.15, -0.1) is 0 Å². The summed E-state index contributed by atoms with van der Waals surface area (Å²) in [5.41, 5.74) is 6.45. The monoisotopic (exact) mass is 283 g/mol. The van der Waals surface area contributed by atoms with E-state index >= 15 is 0 Å². The highest BCUT2D eigenvalue weighted by Gasteiger charge is 2.42. The molecule has 4 unspecified atom stereocenters. The summed E-state index contributed by atoms with van der Waals surface area (Å²) < 4.78 is 17.3. The van der Waals surface area contributed by atoms with E-state index in [1.54, 1.807) is 0 Å². The van der Waals surface area contributed by atoms with Crippen LogP contribution in [0.15, 0.2) is 0 Å². The van der Waals surface area contributed by atoms with Crippen molar-refractivity contribution in [3.8, 4) is 0 Å². The minimum absolute atomic E-state index is 0.0120. The molecule has 4 heteroatoms. The molecule has 3 rings (SSSR count). The lowest BCUT2D eigenvalue weighted by Crippen LogP contribution is -2.46. The van der Waals surface area contributed by atoms with E-state index in [0.717, 1.165) is 58.5 Å². The predicted molar refractivity (Wildman–Crippen MR) is 77.6 cm³/mol. The molecule has 3 saturated heterocycles. The van der Waals surface area contributed by atoms with E-state index in [1.165, 1.54) is 19.3 Å². The summed E-state index contributed by atoms with van der Waals surface area (Å²) in [5, 5.41) is 0. The van der Waals surface area contributed by atoms with Crippen LogP contribution in [0.2, 0.25) is 0 Å². The molecule has 0 radical (unpaired) electrons. The Labute approximate surface area is 122 Å². The van der Waals surface area contributed by atoms with Crippen LogP contribution < -0.4 is 5.73 Å². The maximum absolute atomic E-state index is 6.46. The molecule has 116 valence electrons. The maximum Gasteiger partial charge on any atom is 0.0939 e. The summed E-state index contributed by atoms with van der Waals surface area (Å²) in [5.74, 6) is 0.592. The predicted octanol–water partition coefficient (Wildman–Crippen LogP) is 2.25. The third-order valence-electron chi connectivity index (χ3n) is 5.30. The van der Waals surface area contributed by atoms with Gasteiger partial charge in [-0.3, -0.25) is 0 Å². The molecule has 0 aromatic rings. The highest BCUT2D eigenvalue weighted by molar-refractivity contribution is 4.93. The SMILES string of the molecule is NC(CCC1CCCCO1)C1CCOC2(CCOC2)C1. The average Bonchev–Trinajstić information content (AvgIpc) is 2.93. The van der Waals surface area contributed by atoms with Gasteiger partial charge in [0.1, 0.15) is 0 Å². The van der Waals surface area contributed by atoms with Crippen LogP contribution in [0.3, 0.4) is 0 Å². The summed E-state index contributed by atoms with van der Waals surface area (Å²) >= 11 is 0. The van der Waals surface area contributed by atoms with Crippen molar-refractivity contribution >= 4 is 0 Å². The molecule has 4 atom stereocenters. The molecule has 0 aliphatic carbocycles. The molecule has 0 aromatic carbocycles. The smallest absolute Gasteiger partial charge is 0.0939 e. The molecule has 20 heavy (non-hydrogen) atoms. The second kappa shape index (κ2) is 6.73. The molecule has 3 aliphatic heterocycles. The standard InChI is InChI=1S/C16H29NO3/c17-15(5-4-14-3-1-2-8-19-14)13-6-9-20-16(11-13)7-10-18-12-16/h13-15H,1-12,17H2. The van der Waals surface area contributed by atoms with E-state index in [1.807, 2.05) is 0 Å². The van der Waals surface area contributed by atoms with Crippen LogP contribution in [-0.2, 0) is 14.2 Å². The highest BCUT2D eigenvalue weighted by atomic mass is 16.6. The van der Waals surface area contributed by atoms with Crippen molar-refractivity contribution in [2.45, 2.75) is 69.1 Å². The van der Waals surface area contributed by atoms with Crippen molar-refractivity contribution in [1.29, 1.82) is 0 Å². The normalized spacial score (nSPS) is 40.0. The van der Waals surface area contributed by atoms with Gasteiger partial charge in [-0.2, -0.15) is 0 Å². The summed E-state index contributed by atoms with van der Waals surface area (Å²) in [6.45, 7) is 3.40. The second-order valence-corrected chi connectivity index (χ2v) is 6.82. The largest absolute Gasteiger partial charge is 0.378 e. The van der Waals surface area contributed by atoms with Crippen molar-refractivity contribution in [3.05, 3.63) is 0 Å². The van der Waals surface area contributed by atoms with Gasteiger partial charge in [0.15, 0.2) is 0 Å². The maximum atomic E-state index is 6.46. The molecular formula is C16H29NO3. The van der Waals surface area contributed by atoms with Crippen LogP contribution in [0.4, 0.5) is 0 Å². The topological polar surface area (TPSA) is 53.7 Å². The van der Waals surface area contributed by atoms with Gasteiger partial charge in [0.2, 0.25) is 0 Å². The molecule has 3 heterocycles. The van der Waals surface area contributed by atoms with Crippen LogP contribution >= 0.6 is 0 Å². The van der Waals surface area contributed by atoms with Crippen LogP contribution in [0.5, 0.6) is 0 Å². The first-order chi connectivity index (χ1) is 9.77. The van der Waals surface area contributed by atoms with Crippen molar-refractivity contribution < 1.29 is 14.2 Å². The van der Waals surface area contributed by atoms with Gasteiger partial charge in [0, 0.05) is 32.3 Å². The van der Waals surface area contributed by atoms with E-state index in [9.17, 15) is 0 Å². The summed E-state index contributed by atoms with van der Waals surface area (Å²) in [6, 6.07) is 0.293. The van der Waals surface area contributed by atoms with E-state index in [-0.39, 0.29) is 5.60 Å². The van der Waals surface area contributed by atoms with Gasteiger partial charge in [-0.25, -0.2) is 0 Å². The zero-order valence-electron chi connectivity index (χ0n) is 12.5. The van der Waals surface area contributed by atoms with Crippen molar-refractivity contribution in [2.75, 3.05) is 26.4 Å². The minimum Gasteiger partial charge on any atom is -0.378 e. The second-order valence-electron chi connectivity index (χ2n) is 6.82. The third kappa shape index (κ3) is 3.53. The van der Waals surface area contributed by atoms with Gasteiger partial charge in [0.25, 0.3) is 0 Å². The van der Waals surface area contributed by atoms with Crippen LogP contribution in [-0.4, -0.2) is 44.2 Å². The Bertz CT molecular complexity index is 298. The minimum atomic E-state index is -0.0120. The Morgan fingerprint density at radius 2 is 2.10 bits per heavy atom. The average molecular weight is 283 g/mol. The fraction of sp³-hybridized carbons (Fsp3) is 1.00. The molecule has 2 N–H and O–H groups in total. The fourth-order valence-corrected chi connectivity index (χ4v) is 3.94. The molecule has 0 aromatic heterocycles. The van der Waals surface area contributed by atoms with Gasteiger partial charge in [-0.05, 0) is 50.9 Å². The molecule has 4 nitrogen and oxygen atoms in total. The van der Waals surface area contributed by atoms with Crippen LogP contribution in [0, 0.1) is 5.92 Å². The molecule has 0 saturated carbocycles. The molecule has 3 aliphatic rings. The lowest BCUT2D eigenvalue weighted by atomic mass is 9.80. The van der Waals surface area contributed by atoms with Crippen molar-refractivity contribution in [3.63, 3.8) is 0 Å². The van der Waals surface area contributed by atoms with Crippen LogP contribution in [0.1, 0.15) is 51.4 Å². The first-order valence-electron chi connectivity index (χ1n) is 8.36. The fourth-order valence-electron chi connectivity index (χ4n) is 3.94. The highest BCUT2D eigenvalue weighted by Crippen LogP contribution is 2.37. The quantitative estimate of drug-likeness (QED) is 0.860. The van der Waals surface area contributed by atoms with E-state index < -0.39 is 0 Å². The summed E-state index contributed by atoms with van der Waals surface area (Å²) in [4.78, 5) is 0. The van der Waals surface area contributed by atoms with Gasteiger partial charge in [-0.1, -0.05) is 0 Å². The molecule has 0 amide bonds. The van der Waals surface area contributed by atoms with Gasteiger partial charge >= 0.3 is 0 Å². The van der Waals surface area contributed by atoms with E-state index in [2.05, 4.69) is 0 Å². The van der Waals surface area contributed by atoms with Gasteiger partial charge in [0.05, 0.1) is 18.3 Å². The Balaban J connectivity index is 1.45. The first kappa shape index (κ1) is 14.8. The van der Waals surface area contributed by atoms with E-state index in [4.69, 9.17) is 19.9 Å². The Morgan fingerprint density at radius 3 is 2.85 bits per heavy atom. The number of ether oxygens (including phenoxy) is 3. The first-order valence-corrected chi connectivity index (χ1v) is 8.36. The third-order valence-corrected chi connectivity index (χ3v) is 5.30. The zero-order chi connectivity index (χ0) is 13.8. The summed E-state index contributed by atoms with van der Waals surface area (Å²) in [7, 11) is 0. The zero-order valence-corrected chi connectivity index (χ0v) is 12.5. The Kier molecular flexibility index (Phi) is 4.97. The molecule has 3 fully saturated rings. The Hall–Kier alpha value is -0.160. The van der Waals surface area contributed by atoms with Crippen molar-refractivity contribution in [2.24, 2.45) is 11.7 Å². The molecule has 1 spiro atoms. The van der Waals surface area contributed by atoms with Crippen LogP contribution in [0.25, 0.3) is 0 Å². The Morgan fingerprint density at radius 1 is 1.15 bits per heavy atom. The van der Waals surface area contributed by atoms with Crippen molar-refractivity contribution in [1.82, 2.24) is 0 Å². The lowest BCUT2D eigenvalue weighted by molar-refractivity contribution is -0.102. The number of nitrogens with two attached hydrogens (primary N) is 1. The molecule has 0 bridgehead atoms. The number of rotatable bonds is 4. The lowest BCUT2D eigenvalue weighted by Gasteiger charge is -2.39. The summed E-state index contributed by atoms with van der Waals surface area (Å²) in [6.07, 6.45) is 9.67. The molecular weight excluding hydrogens is 254 g/mol. The van der Waals surface area contributed by atoms with Gasteiger partial charge < -0.3 is 19.9 Å². The number of hydrogen-bond donors (Lipinski definition) is 1.